The summed E-state index contributed by atoms with van der Waals surface area (Å²) in [5.74, 6) is 0.953. The Morgan fingerprint density at radius 3 is 2.64 bits per heavy atom. The van der Waals surface area contributed by atoms with E-state index in [-0.39, 0.29) is 5.60 Å². The lowest BCUT2D eigenvalue weighted by molar-refractivity contribution is 0.137. The molecule has 0 saturated carbocycles. The topological polar surface area (TPSA) is 9.23 Å². The molecule has 0 fully saturated rings. The molecule has 1 aromatic rings. The van der Waals surface area contributed by atoms with Gasteiger partial charge in [-0.15, -0.1) is 0 Å². The van der Waals surface area contributed by atoms with E-state index in [1.165, 1.54) is 5.56 Å². The van der Waals surface area contributed by atoms with Crippen molar-refractivity contribution in [2.24, 2.45) is 0 Å². The fourth-order valence-corrected chi connectivity index (χ4v) is 1.29. The van der Waals surface area contributed by atoms with Gasteiger partial charge in [0.25, 0.3) is 0 Å². The highest BCUT2D eigenvalue weighted by molar-refractivity contribution is 9.09. The summed E-state index contributed by atoms with van der Waals surface area (Å²) in [4.78, 5) is 0. The second-order valence-corrected chi connectivity index (χ2v) is 4.56. The number of rotatable bonds is 4. The predicted octanol–water partition coefficient (Wildman–Crippen LogP) is 3.80. The van der Waals surface area contributed by atoms with Gasteiger partial charge in [0.2, 0.25) is 0 Å². The molecule has 0 atom stereocenters. The zero-order valence-electron chi connectivity index (χ0n) is 9.01. The molecule has 0 N–H and O–H groups in total. The normalized spacial score (nSPS) is 11.4. The fraction of sp³-hybridized carbons (Fsp3) is 0.500. The summed E-state index contributed by atoms with van der Waals surface area (Å²) < 4.78 is 5.85. The van der Waals surface area contributed by atoms with Gasteiger partial charge >= 0.3 is 0 Å². The Kier molecular flexibility index (Phi) is 3.99. The highest BCUT2D eigenvalue weighted by Crippen LogP contribution is 2.21. The molecular formula is C12H17BrO. The lowest BCUT2D eigenvalue weighted by atomic mass is 10.1. The molecule has 0 heterocycles. The standard InChI is InChI=1S/C12H17BrO/c1-4-10-6-5-7-11(8-10)14-12(2,3)9-13/h5-8H,4,9H2,1-3H3. The highest BCUT2D eigenvalue weighted by atomic mass is 79.9. The van der Waals surface area contributed by atoms with Crippen LogP contribution in [0.3, 0.4) is 0 Å². The van der Waals surface area contributed by atoms with Crippen LogP contribution in [-0.2, 0) is 6.42 Å². The Hall–Kier alpha value is -0.500. The van der Waals surface area contributed by atoms with E-state index in [1.807, 2.05) is 12.1 Å². The average molecular weight is 257 g/mol. The van der Waals surface area contributed by atoms with Gasteiger partial charge in [-0.25, -0.2) is 0 Å². The molecule has 2 heteroatoms. The minimum absolute atomic E-state index is 0.146. The van der Waals surface area contributed by atoms with Gasteiger partial charge < -0.3 is 4.74 Å². The Balaban J connectivity index is 2.76. The van der Waals surface area contributed by atoms with Crippen LogP contribution in [0, 0.1) is 0 Å². The third-order valence-corrected chi connectivity index (χ3v) is 3.37. The molecule has 0 bridgehead atoms. The first-order chi connectivity index (χ1) is 6.57. The SMILES string of the molecule is CCc1cccc(OC(C)(C)CBr)c1. The Morgan fingerprint density at radius 2 is 2.07 bits per heavy atom. The zero-order valence-corrected chi connectivity index (χ0v) is 10.6. The third kappa shape index (κ3) is 3.33. The molecule has 0 unspecified atom stereocenters. The Labute approximate surface area is 94.6 Å². The number of alkyl halides is 1. The van der Waals surface area contributed by atoms with Crippen LogP contribution in [0.4, 0.5) is 0 Å². The van der Waals surface area contributed by atoms with Gasteiger partial charge in [-0.1, -0.05) is 35.0 Å². The summed E-state index contributed by atoms with van der Waals surface area (Å²) in [6, 6.07) is 8.26. The maximum atomic E-state index is 5.85. The average Bonchev–Trinajstić information content (AvgIpc) is 2.17. The summed E-state index contributed by atoms with van der Waals surface area (Å²) in [6.07, 6.45) is 1.05. The molecule has 1 aromatic carbocycles. The number of halogens is 1. The number of ether oxygens (including phenoxy) is 1. The second-order valence-electron chi connectivity index (χ2n) is 4.00. The van der Waals surface area contributed by atoms with Crippen LogP contribution in [0.1, 0.15) is 26.3 Å². The van der Waals surface area contributed by atoms with Gasteiger partial charge in [0.05, 0.1) is 0 Å². The maximum Gasteiger partial charge on any atom is 0.120 e. The van der Waals surface area contributed by atoms with Crippen LogP contribution in [0.15, 0.2) is 24.3 Å². The van der Waals surface area contributed by atoms with Gasteiger partial charge in [-0.3, -0.25) is 0 Å². The molecule has 14 heavy (non-hydrogen) atoms. The van der Waals surface area contributed by atoms with Gasteiger partial charge in [-0.2, -0.15) is 0 Å². The van der Waals surface area contributed by atoms with Crippen molar-refractivity contribution >= 4 is 15.9 Å². The Bertz CT molecular complexity index is 294. The fourth-order valence-electron chi connectivity index (χ4n) is 1.18. The first kappa shape index (κ1) is 11.6. The lowest BCUT2D eigenvalue weighted by Gasteiger charge is -2.24. The van der Waals surface area contributed by atoms with E-state index in [1.54, 1.807) is 0 Å². The largest absolute Gasteiger partial charge is 0.487 e. The lowest BCUT2D eigenvalue weighted by Crippen LogP contribution is -2.29. The van der Waals surface area contributed by atoms with Gasteiger partial charge in [0.15, 0.2) is 0 Å². The monoisotopic (exact) mass is 256 g/mol. The molecule has 0 spiro atoms. The van der Waals surface area contributed by atoms with Crippen molar-refractivity contribution in [2.45, 2.75) is 32.8 Å². The highest BCUT2D eigenvalue weighted by Gasteiger charge is 2.17. The molecule has 0 aliphatic heterocycles. The Morgan fingerprint density at radius 1 is 1.36 bits per heavy atom. The van der Waals surface area contributed by atoms with E-state index in [0.29, 0.717) is 0 Å². The quantitative estimate of drug-likeness (QED) is 0.745. The first-order valence-corrected chi connectivity index (χ1v) is 6.03. The summed E-state index contributed by atoms with van der Waals surface area (Å²) in [6.45, 7) is 6.29. The molecule has 0 radical (unpaired) electrons. The van der Waals surface area contributed by atoms with Crippen molar-refractivity contribution in [2.75, 3.05) is 5.33 Å². The van der Waals surface area contributed by atoms with Crippen LogP contribution in [0.2, 0.25) is 0 Å². The van der Waals surface area contributed by atoms with Crippen LogP contribution >= 0.6 is 15.9 Å². The van der Waals surface area contributed by atoms with E-state index in [2.05, 4.69) is 48.8 Å². The molecule has 1 nitrogen and oxygen atoms in total. The predicted molar refractivity (Wildman–Crippen MR) is 64.3 cm³/mol. The van der Waals surface area contributed by atoms with Crippen LogP contribution in [0.25, 0.3) is 0 Å². The molecule has 1 rings (SSSR count). The number of benzene rings is 1. The van der Waals surface area contributed by atoms with Crippen LogP contribution in [0.5, 0.6) is 5.75 Å². The molecule has 0 aromatic heterocycles. The van der Waals surface area contributed by atoms with E-state index in [4.69, 9.17) is 4.74 Å². The van der Waals surface area contributed by atoms with Crippen molar-refractivity contribution in [3.05, 3.63) is 29.8 Å². The molecule has 0 amide bonds. The van der Waals surface area contributed by atoms with Gasteiger partial charge in [0, 0.05) is 5.33 Å². The minimum atomic E-state index is -0.146. The molecular weight excluding hydrogens is 240 g/mol. The van der Waals surface area contributed by atoms with Crippen molar-refractivity contribution in [3.63, 3.8) is 0 Å². The van der Waals surface area contributed by atoms with Crippen molar-refractivity contribution in [1.82, 2.24) is 0 Å². The van der Waals surface area contributed by atoms with Crippen molar-refractivity contribution in [3.8, 4) is 5.75 Å². The molecule has 0 aliphatic rings. The van der Waals surface area contributed by atoms with Crippen LogP contribution in [-0.4, -0.2) is 10.9 Å². The van der Waals surface area contributed by atoms with E-state index in [9.17, 15) is 0 Å². The molecule has 0 saturated heterocycles. The van der Waals surface area contributed by atoms with E-state index < -0.39 is 0 Å². The van der Waals surface area contributed by atoms with E-state index >= 15 is 0 Å². The number of hydrogen-bond acceptors (Lipinski definition) is 1. The molecule has 0 aliphatic carbocycles. The second kappa shape index (κ2) is 4.83. The summed E-state index contributed by atoms with van der Waals surface area (Å²) >= 11 is 3.44. The summed E-state index contributed by atoms with van der Waals surface area (Å²) in [5, 5.41) is 0.830. The van der Waals surface area contributed by atoms with Gasteiger partial charge in [0.1, 0.15) is 11.4 Å². The van der Waals surface area contributed by atoms with Crippen LogP contribution < -0.4 is 4.74 Å². The smallest absolute Gasteiger partial charge is 0.120 e. The summed E-state index contributed by atoms with van der Waals surface area (Å²) in [5.41, 5.74) is 1.17. The van der Waals surface area contributed by atoms with Crippen molar-refractivity contribution in [1.29, 1.82) is 0 Å². The molecule has 78 valence electrons. The maximum absolute atomic E-state index is 5.85. The van der Waals surface area contributed by atoms with Crippen molar-refractivity contribution < 1.29 is 4.74 Å². The van der Waals surface area contributed by atoms with E-state index in [0.717, 1.165) is 17.5 Å². The number of hydrogen-bond donors (Lipinski definition) is 0. The zero-order chi connectivity index (χ0) is 10.6. The number of aryl methyl sites for hydroxylation is 1. The van der Waals surface area contributed by atoms with Gasteiger partial charge in [-0.05, 0) is 38.0 Å². The third-order valence-electron chi connectivity index (χ3n) is 2.02. The summed E-state index contributed by atoms with van der Waals surface area (Å²) in [7, 11) is 0. The first-order valence-electron chi connectivity index (χ1n) is 4.91. The minimum Gasteiger partial charge on any atom is -0.487 e.